The molecule has 20 heavy (non-hydrogen) atoms. The molecule has 2 aliphatic rings. The summed E-state index contributed by atoms with van der Waals surface area (Å²) < 4.78 is 28.6. The van der Waals surface area contributed by atoms with Gasteiger partial charge in [0.2, 0.25) is 5.91 Å². The fourth-order valence-electron chi connectivity index (χ4n) is 3.29. The molecule has 0 bridgehead atoms. The van der Waals surface area contributed by atoms with Gasteiger partial charge in [0.15, 0.2) is 0 Å². The summed E-state index contributed by atoms with van der Waals surface area (Å²) >= 11 is 0. The van der Waals surface area contributed by atoms with Crippen LogP contribution in [0.25, 0.3) is 0 Å². The van der Waals surface area contributed by atoms with Crippen LogP contribution in [0, 0.1) is 0 Å². The Kier molecular flexibility index (Phi) is 5.04. The molecule has 2 N–H and O–H groups in total. The Labute approximate surface area is 121 Å². The topological polar surface area (TPSA) is 83.7 Å². The molecule has 1 saturated heterocycles. The Balaban J connectivity index is 2.22. The monoisotopic (exact) mass is 303 g/mol. The number of carbonyl (C=O) groups is 1. The molecule has 1 atom stereocenters. The number of rotatable bonds is 5. The highest BCUT2D eigenvalue weighted by Gasteiger charge is 2.39. The molecule has 1 heterocycles. The zero-order valence-electron chi connectivity index (χ0n) is 12.1. The third-order valence-corrected chi connectivity index (χ3v) is 6.53. The van der Waals surface area contributed by atoms with Gasteiger partial charge in [0.05, 0.1) is 6.54 Å². The summed E-state index contributed by atoms with van der Waals surface area (Å²) in [6.45, 7) is 2.29. The van der Waals surface area contributed by atoms with Crippen molar-refractivity contribution in [2.75, 3.05) is 13.1 Å². The number of amides is 1. The maximum Gasteiger partial charge on any atom is 0.282 e. The summed E-state index contributed by atoms with van der Waals surface area (Å²) in [5.74, 6) is -0.579. The zero-order chi connectivity index (χ0) is 14.8. The standard InChI is InChI=1S/C13H25N3O3S/c1-11-6-4-5-9-15(11)20(18,19)16(10-13(14)17)12-7-2-3-8-12/h11-12H,2-10H2,1H3,(H2,14,17)/t11-/m0/s1. The number of primary amides is 1. The van der Waals surface area contributed by atoms with E-state index in [9.17, 15) is 13.2 Å². The largest absolute Gasteiger partial charge is 0.369 e. The van der Waals surface area contributed by atoms with Crippen molar-refractivity contribution >= 4 is 16.1 Å². The average molecular weight is 303 g/mol. The second kappa shape index (κ2) is 6.41. The molecule has 2 fully saturated rings. The molecular formula is C13H25N3O3S. The first-order valence-electron chi connectivity index (χ1n) is 7.50. The van der Waals surface area contributed by atoms with Crippen LogP contribution in [0.5, 0.6) is 0 Å². The minimum Gasteiger partial charge on any atom is -0.369 e. The van der Waals surface area contributed by atoms with Crippen LogP contribution in [0.2, 0.25) is 0 Å². The van der Waals surface area contributed by atoms with E-state index in [0.29, 0.717) is 6.54 Å². The molecule has 1 saturated carbocycles. The van der Waals surface area contributed by atoms with E-state index in [1.807, 2.05) is 6.92 Å². The van der Waals surface area contributed by atoms with Crippen LogP contribution < -0.4 is 5.73 Å². The highest BCUT2D eigenvalue weighted by atomic mass is 32.2. The van der Waals surface area contributed by atoms with E-state index in [0.717, 1.165) is 44.9 Å². The Morgan fingerprint density at radius 2 is 1.80 bits per heavy atom. The van der Waals surface area contributed by atoms with Gasteiger partial charge in [-0.15, -0.1) is 0 Å². The van der Waals surface area contributed by atoms with Gasteiger partial charge in [-0.25, -0.2) is 0 Å². The maximum absolute atomic E-state index is 12.9. The Morgan fingerprint density at radius 1 is 1.20 bits per heavy atom. The molecule has 1 amide bonds. The highest BCUT2D eigenvalue weighted by Crippen LogP contribution is 2.29. The number of hydrogen-bond donors (Lipinski definition) is 1. The fourth-order valence-corrected chi connectivity index (χ4v) is 5.36. The van der Waals surface area contributed by atoms with Crippen LogP contribution in [0.3, 0.4) is 0 Å². The summed E-state index contributed by atoms with van der Waals surface area (Å²) in [4.78, 5) is 11.3. The smallest absolute Gasteiger partial charge is 0.282 e. The number of piperidine rings is 1. The molecule has 0 aromatic rings. The second-order valence-electron chi connectivity index (χ2n) is 5.91. The van der Waals surface area contributed by atoms with Gasteiger partial charge in [-0.2, -0.15) is 17.0 Å². The van der Waals surface area contributed by atoms with E-state index in [4.69, 9.17) is 5.73 Å². The molecule has 0 unspecified atom stereocenters. The summed E-state index contributed by atoms with van der Waals surface area (Å²) in [5.41, 5.74) is 5.26. The van der Waals surface area contributed by atoms with Gasteiger partial charge in [0.1, 0.15) is 0 Å². The summed E-state index contributed by atoms with van der Waals surface area (Å²) in [6.07, 6.45) is 6.53. The molecule has 116 valence electrons. The van der Waals surface area contributed by atoms with Crippen molar-refractivity contribution in [3.8, 4) is 0 Å². The SMILES string of the molecule is C[C@H]1CCCCN1S(=O)(=O)N(CC(N)=O)C1CCCC1. The van der Waals surface area contributed by atoms with E-state index in [2.05, 4.69) is 0 Å². The predicted molar refractivity (Wildman–Crippen MR) is 77.1 cm³/mol. The summed E-state index contributed by atoms with van der Waals surface area (Å²) in [7, 11) is -3.59. The van der Waals surface area contributed by atoms with Crippen molar-refractivity contribution in [2.45, 2.75) is 64.0 Å². The van der Waals surface area contributed by atoms with Crippen molar-refractivity contribution in [3.63, 3.8) is 0 Å². The summed E-state index contributed by atoms with van der Waals surface area (Å²) in [6, 6.07) is -0.0628. The zero-order valence-corrected chi connectivity index (χ0v) is 12.9. The first-order valence-corrected chi connectivity index (χ1v) is 8.89. The van der Waals surface area contributed by atoms with Crippen LogP contribution in [0.1, 0.15) is 51.9 Å². The van der Waals surface area contributed by atoms with Gasteiger partial charge >= 0.3 is 0 Å². The van der Waals surface area contributed by atoms with Crippen LogP contribution >= 0.6 is 0 Å². The number of nitrogens with zero attached hydrogens (tertiary/aromatic N) is 2. The molecule has 7 heteroatoms. The highest BCUT2D eigenvalue weighted by molar-refractivity contribution is 7.86. The van der Waals surface area contributed by atoms with E-state index in [1.54, 1.807) is 4.31 Å². The Hall–Kier alpha value is -0.660. The predicted octanol–water partition coefficient (Wildman–Crippen LogP) is 0.835. The van der Waals surface area contributed by atoms with E-state index in [1.165, 1.54) is 4.31 Å². The minimum absolute atomic E-state index is 0.00512. The molecule has 1 aliphatic carbocycles. The van der Waals surface area contributed by atoms with Crippen molar-refractivity contribution in [1.29, 1.82) is 0 Å². The van der Waals surface area contributed by atoms with Crippen LogP contribution in [-0.4, -0.2) is 48.1 Å². The second-order valence-corrected chi connectivity index (χ2v) is 7.75. The lowest BCUT2D eigenvalue weighted by Crippen LogP contribution is -2.54. The van der Waals surface area contributed by atoms with E-state index < -0.39 is 16.1 Å². The molecule has 0 spiro atoms. The lowest BCUT2D eigenvalue weighted by Gasteiger charge is -2.38. The molecular weight excluding hydrogens is 278 g/mol. The molecule has 6 nitrogen and oxygen atoms in total. The van der Waals surface area contributed by atoms with E-state index in [-0.39, 0.29) is 18.6 Å². The normalized spacial score (nSPS) is 26.2. The Bertz CT molecular complexity index is 446. The van der Waals surface area contributed by atoms with Gasteiger partial charge in [0, 0.05) is 18.6 Å². The quantitative estimate of drug-likeness (QED) is 0.816. The average Bonchev–Trinajstić information content (AvgIpc) is 2.89. The van der Waals surface area contributed by atoms with Crippen LogP contribution in [-0.2, 0) is 15.0 Å². The van der Waals surface area contributed by atoms with Gasteiger partial charge < -0.3 is 5.73 Å². The first kappa shape index (κ1) is 15.7. The molecule has 0 aromatic carbocycles. The van der Waals surface area contributed by atoms with Gasteiger partial charge in [-0.05, 0) is 32.6 Å². The lowest BCUT2D eigenvalue weighted by molar-refractivity contribution is -0.118. The van der Waals surface area contributed by atoms with Gasteiger partial charge in [-0.1, -0.05) is 19.3 Å². The number of hydrogen-bond acceptors (Lipinski definition) is 3. The molecule has 1 aliphatic heterocycles. The van der Waals surface area contributed by atoms with Gasteiger partial charge in [0.25, 0.3) is 10.2 Å². The van der Waals surface area contributed by atoms with E-state index >= 15 is 0 Å². The lowest BCUT2D eigenvalue weighted by atomic mass is 10.1. The fraction of sp³-hybridized carbons (Fsp3) is 0.923. The van der Waals surface area contributed by atoms with Crippen molar-refractivity contribution in [3.05, 3.63) is 0 Å². The third-order valence-electron chi connectivity index (χ3n) is 4.38. The van der Waals surface area contributed by atoms with Crippen molar-refractivity contribution in [1.82, 2.24) is 8.61 Å². The van der Waals surface area contributed by atoms with Crippen LogP contribution in [0.4, 0.5) is 0 Å². The van der Waals surface area contributed by atoms with Crippen LogP contribution in [0.15, 0.2) is 0 Å². The maximum atomic E-state index is 12.9. The summed E-state index contributed by atoms with van der Waals surface area (Å²) in [5, 5.41) is 0. The number of nitrogens with two attached hydrogens (primary N) is 1. The number of carbonyl (C=O) groups excluding carboxylic acids is 1. The molecule has 0 aromatic heterocycles. The van der Waals surface area contributed by atoms with Gasteiger partial charge in [-0.3, -0.25) is 4.79 Å². The first-order chi connectivity index (χ1) is 9.43. The molecule has 0 radical (unpaired) electrons. The molecule has 2 rings (SSSR count). The minimum atomic E-state index is -3.59. The third kappa shape index (κ3) is 3.32. The van der Waals surface area contributed by atoms with Crippen molar-refractivity contribution < 1.29 is 13.2 Å². The Morgan fingerprint density at radius 3 is 2.35 bits per heavy atom. The van der Waals surface area contributed by atoms with Crippen molar-refractivity contribution in [2.24, 2.45) is 5.73 Å².